The monoisotopic (exact) mass is 490 g/mol. The number of fused-ring (bicyclic) bond motifs is 1. The van der Waals surface area contributed by atoms with Crippen molar-refractivity contribution in [2.45, 2.75) is 38.5 Å². The molecule has 0 saturated heterocycles. The second-order valence-electron chi connectivity index (χ2n) is 8.75. The second kappa shape index (κ2) is 10.6. The highest BCUT2D eigenvalue weighted by Gasteiger charge is 2.38. The normalized spacial score (nSPS) is 15.5. The van der Waals surface area contributed by atoms with Gasteiger partial charge in [0.1, 0.15) is 11.9 Å². The number of carboxylic acid groups (broad SMARTS) is 1. The van der Waals surface area contributed by atoms with Crippen LogP contribution < -0.4 is 0 Å². The number of esters is 1. The number of nitrogens with zero attached hydrogens (tertiary/aromatic N) is 2. The number of hydrogen-bond donors (Lipinski definition) is 1. The van der Waals surface area contributed by atoms with Crippen molar-refractivity contribution in [3.63, 3.8) is 0 Å². The van der Waals surface area contributed by atoms with Gasteiger partial charge in [0.15, 0.2) is 0 Å². The molecule has 3 aromatic rings. The topological polar surface area (TPSA) is 87.2 Å². The molecule has 3 aromatic carbocycles. The number of rotatable bonds is 6. The van der Waals surface area contributed by atoms with E-state index in [-0.39, 0.29) is 19.5 Å². The summed E-state index contributed by atoms with van der Waals surface area (Å²) in [5, 5.41) is 9.91. The van der Waals surface area contributed by atoms with Gasteiger partial charge in [0.2, 0.25) is 5.91 Å². The van der Waals surface area contributed by atoms with Gasteiger partial charge in [0.05, 0.1) is 25.3 Å². The molecule has 0 aromatic heterocycles. The van der Waals surface area contributed by atoms with Crippen LogP contribution in [0.4, 0.5) is 9.18 Å². The summed E-state index contributed by atoms with van der Waals surface area (Å²) < 4.78 is 19.5. The van der Waals surface area contributed by atoms with E-state index < -0.39 is 35.9 Å². The largest absolute Gasteiger partial charge is 0.465 e. The van der Waals surface area contributed by atoms with E-state index in [1.54, 1.807) is 49.4 Å². The number of hydrogen-bond acceptors (Lipinski definition) is 4. The minimum absolute atomic E-state index is 0.0949. The van der Waals surface area contributed by atoms with Crippen molar-refractivity contribution in [2.24, 2.45) is 0 Å². The Bertz CT molecular complexity index is 1280. The lowest BCUT2D eigenvalue weighted by molar-refractivity contribution is -0.140. The molecule has 186 valence electrons. The van der Waals surface area contributed by atoms with Crippen LogP contribution in [0.25, 0.3) is 0 Å². The Hall–Kier alpha value is -4.20. The third kappa shape index (κ3) is 5.07. The lowest BCUT2D eigenvalue weighted by Gasteiger charge is -2.39. The first-order valence-corrected chi connectivity index (χ1v) is 11.6. The van der Waals surface area contributed by atoms with Gasteiger partial charge in [-0.2, -0.15) is 0 Å². The molecule has 1 unspecified atom stereocenters. The molecule has 1 aliphatic rings. The molecule has 1 N–H and O–H groups in total. The maximum atomic E-state index is 14.7. The smallest absolute Gasteiger partial charge is 0.408 e. The summed E-state index contributed by atoms with van der Waals surface area (Å²) in [6, 6.07) is 18.6. The van der Waals surface area contributed by atoms with Gasteiger partial charge in [0, 0.05) is 18.5 Å². The van der Waals surface area contributed by atoms with E-state index >= 15 is 0 Å². The van der Waals surface area contributed by atoms with E-state index in [4.69, 9.17) is 4.74 Å². The molecule has 0 aliphatic carbocycles. The number of carbonyl (C=O) groups excluding carboxylic acids is 2. The van der Waals surface area contributed by atoms with E-state index in [0.717, 1.165) is 16.0 Å². The second-order valence-corrected chi connectivity index (χ2v) is 8.75. The molecule has 1 heterocycles. The first-order valence-electron chi connectivity index (χ1n) is 11.6. The highest BCUT2D eigenvalue weighted by atomic mass is 19.1. The summed E-state index contributed by atoms with van der Waals surface area (Å²) in [4.78, 5) is 40.6. The highest BCUT2D eigenvalue weighted by molar-refractivity contribution is 5.89. The van der Waals surface area contributed by atoms with Crippen molar-refractivity contribution in [3.05, 3.63) is 106 Å². The van der Waals surface area contributed by atoms with E-state index in [0.29, 0.717) is 16.7 Å². The van der Waals surface area contributed by atoms with Crippen LogP contribution in [0.5, 0.6) is 0 Å². The molecule has 0 spiro atoms. The summed E-state index contributed by atoms with van der Waals surface area (Å²) in [6.45, 7) is 1.92. The fourth-order valence-electron chi connectivity index (χ4n) is 4.58. The Morgan fingerprint density at radius 1 is 1.03 bits per heavy atom. The minimum atomic E-state index is -1.19. The van der Waals surface area contributed by atoms with Crippen molar-refractivity contribution in [1.82, 2.24) is 9.80 Å². The summed E-state index contributed by atoms with van der Waals surface area (Å²) in [6.07, 6.45) is -0.966. The van der Waals surface area contributed by atoms with Crippen molar-refractivity contribution in [1.29, 1.82) is 0 Å². The molecular formula is C28H27FN2O5. The highest BCUT2D eigenvalue weighted by Crippen LogP contribution is 2.30. The summed E-state index contributed by atoms with van der Waals surface area (Å²) in [7, 11) is 1.29. The maximum absolute atomic E-state index is 14.7. The Balaban J connectivity index is 1.70. The van der Waals surface area contributed by atoms with Gasteiger partial charge < -0.3 is 14.7 Å². The SMILES string of the molecule is COC(=O)c1ccc(CN(C(=O)C2Cc3ccccc3CN2C(=O)O)[C@H](C)c2ccccc2F)cc1. The molecule has 0 fully saturated rings. The zero-order valence-electron chi connectivity index (χ0n) is 20.1. The van der Waals surface area contributed by atoms with Crippen molar-refractivity contribution < 1.29 is 28.6 Å². The number of methoxy groups -OCH3 is 1. The molecule has 7 nitrogen and oxygen atoms in total. The third-order valence-corrected chi connectivity index (χ3v) is 6.61. The van der Waals surface area contributed by atoms with Crippen LogP contribution in [0.15, 0.2) is 72.8 Å². The molecular weight excluding hydrogens is 463 g/mol. The standard InChI is InChI=1S/C28H27FN2O5/c1-18(23-9-5-6-10-24(23)29)30(16-19-11-13-20(14-12-19)27(33)36-2)26(32)25-15-21-7-3-4-8-22(21)17-31(25)28(34)35/h3-14,18,25H,15-17H2,1-2H3,(H,34,35)/t18-,25?/m1/s1. The molecule has 0 radical (unpaired) electrons. The van der Waals surface area contributed by atoms with E-state index in [1.165, 1.54) is 18.1 Å². The number of amides is 2. The van der Waals surface area contributed by atoms with Crippen LogP contribution in [-0.2, 0) is 29.0 Å². The molecule has 2 amide bonds. The van der Waals surface area contributed by atoms with Crippen molar-refractivity contribution in [2.75, 3.05) is 7.11 Å². The van der Waals surface area contributed by atoms with Crippen LogP contribution in [0.3, 0.4) is 0 Å². The third-order valence-electron chi connectivity index (χ3n) is 6.61. The van der Waals surface area contributed by atoms with Crippen LogP contribution in [0, 0.1) is 5.82 Å². The average Bonchev–Trinajstić information content (AvgIpc) is 2.90. The van der Waals surface area contributed by atoms with E-state index in [9.17, 15) is 23.9 Å². The lowest BCUT2D eigenvalue weighted by atomic mass is 9.92. The van der Waals surface area contributed by atoms with Crippen molar-refractivity contribution in [3.8, 4) is 0 Å². The quantitative estimate of drug-likeness (QED) is 0.502. The van der Waals surface area contributed by atoms with Gasteiger partial charge in [-0.05, 0) is 41.8 Å². The minimum Gasteiger partial charge on any atom is -0.465 e. The predicted octanol–water partition coefficient (Wildman–Crippen LogP) is 4.81. The van der Waals surface area contributed by atoms with Gasteiger partial charge in [-0.3, -0.25) is 9.69 Å². The van der Waals surface area contributed by atoms with Crippen LogP contribution in [-0.4, -0.2) is 46.0 Å². The van der Waals surface area contributed by atoms with E-state index in [2.05, 4.69) is 0 Å². The zero-order chi connectivity index (χ0) is 25.8. The van der Waals surface area contributed by atoms with Crippen LogP contribution in [0.2, 0.25) is 0 Å². The van der Waals surface area contributed by atoms with Gasteiger partial charge in [-0.15, -0.1) is 0 Å². The fourth-order valence-corrected chi connectivity index (χ4v) is 4.58. The van der Waals surface area contributed by atoms with Gasteiger partial charge in [0.25, 0.3) is 0 Å². The first kappa shape index (κ1) is 24.9. The first-order chi connectivity index (χ1) is 17.3. The summed E-state index contributed by atoms with van der Waals surface area (Å²) >= 11 is 0. The van der Waals surface area contributed by atoms with Crippen LogP contribution in [0.1, 0.15) is 45.6 Å². The lowest BCUT2D eigenvalue weighted by Crippen LogP contribution is -2.53. The van der Waals surface area contributed by atoms with Gasteiger partial charge in [-0.25, -0.2) is 14.0 Å². The number of carbonyl (C=O) groups is 3. The molecule has 8 heteroatoms. The summed E-state index contributed by atoms with van der Waals surface area (Å²) in [5.74, 6) is -1.35. The predicted molar refractivity (Wildman–Crippen MR) is 131 cm³/mol. The molecule has 0 saturated carbocycles. The van der Waals surface area contributed by atoms with Crippen LogP contribution >= 0.6 is 0 Å². The molecule has 36 heavy (non-hydrogen) atoms. The van der Waals surface area contributed by atoms with Gasteiger partial charge >= 0.3 is 12.1 Å². The molecule has 1 aliphatic heterocycles. The molecule has 4 rings (SSSR count). The number of halogens is 1. The Morgan fingerprint density at radius 2 is 1.67 bits per heavy atom. The Labute approximate surface area is 208 Å². The zero-order valence-corrected chi connectivity index (χ0v) is 20.1. The summed E-state index contributed by atoms with van der Waals surface area (Å²) in [5.41, 5.74) is 3.17. The van der Waals surface area contributed by atoms with E-state index in [1.807, 2.05) is 24.3 Å². The maximum Gasteiger partial charge on any atom is 0.408 e. The number of benzene rings is 3. The number of ether oxygens (including phenoxy) is 1. The van der Waals surface area contributed by atoms with Crippen molar-refractivity contribution >= 4 is 18.0 Å². The fraction of sp³-hybridized carbons (Fsp3) is 0.250. The molecule has 2 atom stereocenters. The van der Waals surface area contributed by atoms with Gasteiger partial charge in [-0.1, -0.05) is 54.6 Å². The Morgan fingerprint density at radius 3 is 2.31 bits per heavy atom. The molecule has 0 bridgehead atoms. The Kier molecular flexibility index (Phi) is 7.33. The average molecular weight is 491 g/mol.